The average molecular weight is 292 g/mol. The molecule has 8 heteroatoms. The molecule has 0 aliphatic heterocycles. The quantitative estimate of drug-likeness (QED) is 0.606. The summed E-state index contributed by atoms with van der Waals surface area (Å²) in [6, 6.07) is 3.35. The normalized spacial score (nSPS) is 11.6. The van der Waals surface area contributed by atoms with E-state index in [9.17, 15) is 13.2 Å². The maximum atomic E-state index is 10.8. The van der Waals surface area contributed by atoms with Crippen molar-refractivity contribution in [1.82, 2.24) is 10.0 Å². The van der Waals surface area contributed by atoms with E-state index in [2.05, 4.69) is 10.0 Å². The second kappa shape index (κ2) is 6.83. The summed E-state index contributed by atoms with van der Waals surface area (Å²) >= 11 is 1.24. The highest BCUT2D eigenvalue weighted by Gasteiger charge is 2.06. The van der Waals surface area contributed by atoms with E-state index in [1.807, 2.05) is 0 Å². The summed E-state index contributed by atoms with van der Waals surface area (Å²) in [6.45, 7) is 1.66. The van der Waals surface area contributed by atoms with Crippen LogP contribution in [0.4, 0.5) is 0 Å². The Kier molecular flexibility index (Phi) is 5.73. The van der Waals surface area contributed by atoms with Gasteiger partial charge in [0, 0.05) is 18.0 Å². The lowest BCUT2D eigenvalue weighted by Crippen LogP contribution is -2.26. The zero-order valence-electron chi connectivity index (χ0n) is 9.97. The number of nitrogens with one attached hydrogen (secondary N) is 2. The monoisotopic (exact) mass is 292 g/mol. The maximum Gasteiger partial charge on any atom is 0.345 e. The number of carbonyl (C=O) groups is 1. The first-order valence-corrected chi connectivity index (χ1v) is 8.06. The molecular formula is C10H16N2O4S2. The number of carboxylic acids is 1. The van der Waals surface area contributed by atoms with E-state index >= 15 is 0 Å². The Labute approximate surface area is 110 Å². The molecule has 18 heavy (non-hydrogen) atoms. The van der Waals surface area contributed by atoms with Crippen molar-refractivity contribution >= 4 is 27.3 Å². The Morgan fingerprint density at radius 3 is 2.67 bits per heavy atom. The first-order chi connectivity index (χ1) is 8.38. The molecule has 3 N–H and O–H groups in total. The van der Waals surface area contributed by atoms with Gasteiger partial charge in [-0.05, 0) is 25.1 Å². The molecule has 1 aromatic heterocycles. The van der Waals surface area contributed by atoms with Crippen LogP contribution >= 0.6 is 11.3 Å². The fourth-order valence-corrected chi connectivity index (χ4v) is 2.60. The smallest absolute Gasteiger partial charge is 0.345 e. The van der Waals surface area contributed by atoms with Gasteiger partial charge in [-0.25, -0.2) is 17.9 Å². The van der Waals surface area contributed by atoms with E-state index in [0.29, 0.717) is 30.9 Å². The topological polar surface area (TPSA) is 95.5 Å². The number of sulfonamides is 1. The standard InChI is InChI=1S/C10H16N2O4S2/c1-18(15,16)12-6-2-5-11-7-8-3-4-9(17-8)10(13)14/h3-4,11-12H,2,5-7H2,1H3,(H,13,14). The van der Waals surface area contributed by atoms with Crippen molar-refractivity contribution in [3.05, 3.63) is 21.9 Å². The van der Waals surface area contributed by atoms with E-state index in [4.69, 9.17) is 5.11 Å². The van der Waals surface area contributed by atoms with Crippen LogP contribution in [0.3, 0.4) is 0 Å². The lowest BCUT2D eigenvalue weighted by Gasteiger charge is -2.03. The molecular weight excluding hydrogens is 276 g/mol. The summed E-state index contributed by atoms with van der Waals surface area (Å²) in [5.74, 6) is -0.913. The number of aromatic carboxylic acids is 1. The predicted octanol–water partition coefficient (Wildman–Crippen LogP) is 0.475. The van der Waals surface area contributed by atoms with E-state index in [0.717, 1.165) is 11.1 Å². The van der Waals surface area contributed by atoms with Gasteiger partial charge in [-0.2, -0.15) is 0 Å². The van der Waals surface area contributed by atoms with Gasteiger partial charge < -0.3 is 10.4 Å². The van der Waals surface area contributed by atoms with Gasteiger partial charge in [0.1, 0.15) is 4.88 Å². The van der Waals surface area contributed by atoms with Gasteiger partial charge in [0.15, 0.2) is 0 Å². The SMILES string of the molecule is CS(=O)(=O)NCCCNCc1ccc(C(=O)O)s1. The van der Waals surface area contributed by atoms with E-state index in [-0.39, 0.29) is 0 Å². The summed E-state index contributed by atoms with van der Waals surface area (Å²) in [7, 11) is -3.11. The fraction of sp³-hybridized carbons (Fsp3) is 0.500. The minimum atomic E-state index is -3.11. The molecule has 0 saturated heterocycles. The zero-order valence-corrected chi connectivity index (χ0v) is 11.6. The highest BCUT2D eigenvalue weighted by atomic mass is 32.2. The van der Waals surface area contributed by atoms with Crippen molar-refractivity contribution in [2.45, 2.75) is 13.0 Å². The van der Waals surface area contributed by atoms with Crippen LogP contribution in [0.1, 0.15) is 21.0 Å². The Balaban J connectivity index is 2.16. The molecule has 0 fully saturated rings. The van der Waals surface area contributed by atoms with Gasteiger partial charge in [-0.15, -0.1) is 11.3 Å². The van der Waals surface area contributed by atoms with Crippen LogP contribution in [0.2, 0.25) is 0 Å². The van der Waals surface area contributed by atoms with Gasteiger partial charge >= 0.3 is 5.97 Å². The Bertz CT molecular complexity index is 496. The number of hydrogen-bond acceptors (Lipinski definition) is 5. The lowest BCUT2D eigenvalue weighted by molar-refractivity contribution is 0.0702. The summed E-state index contributed by atoms with van der Waals surface area (Å²) in [6.07, 6.45) is 1.81. The third kappa shape index (κ3) is 6.10. The maximum absolute atomic E-state index is 10.8. The molecule has 1 heterocycles. The predicted molar refractivity (Wildman–Crippen MR) is 70.4 cm³/mol. The first kappa shape index (κ1) is 15.1. The van der Waals surface area contributed by atoms with Crippen molar-refractivity contribution in [2.24, 2.45) is 0 Å². The first-order valence-electron chi connectivity index (χ1n) is 5.36. The molecule has 0 atom stereocenters. The summed E-state index contributed by atoms with van der Waals surface area (Å²) in [5.41, 5.74) is 0. The molecule has 0 aromatic carbocycles. The van der Waals surface area contributed by atoms with Crippen molar-refractivity contribution in [3.8, 4) is 0 Å². The van der Waals surface area contributed by atoms with Crippen LogP contribution in [0.15, 0.2) is 12.1 Å². The zero-order chi connectivity index (χ0) is 13.6. The molecule has 0 bridgehead atoms. The number of rotatable bonds is 8. The molecule has 0 aliphatic carbocycles. The third-order valence-electron chi connectivity index (χ3n) is 2.07. The fourth-order valence-electron chi connectivity index (χ4n) is 1.27. The second-order valence-electron chi connectivity index (χ2n) is 3.77. The Morgan fingerprint density at radius 1 is 1.39 bits per heavy atom. The van der Waals surface area contributed by atoms with E-state index in [1.165, 1.54) is 11.3 Å². The number of thiophene rings is 1. The summed E-state index contributed by atoms with van der Waals surface area (Å²) in [5, 5.41) is 11.9. The van der Waals surface area contributed by atoms with Crippen LogP contribution in [0, 0.1) is 0 Å². The molecule has 0 aliphatic rings. The molecule has 0 unspecified atom stereocenters. The average Bonchev–Trinajstić information content (AvgIpc) is 2.70. The van der Waals surface area contributed by atoms with Crippen LogP contribution in [0.25, 0.3) is 0 Å². The minimum Gasteiger partial charge on any atom is -0.477 e. The van der Waals surface area contributed by atoms with Crippen molar-refractivity contribution in [3.63, 3.8) is 0 Å². The van der Waals surface area contributed by atoms with Crippen molar-refractivity contribution in [1.29, 1.82) is 0 Å². The highest BCUT2D eigenvalue weighted by Crippen LogP contribution is 2.15. The molecule has 0 radical (unpaired) electrons. The molecule has 0 spiro atoms. The van der Waals surface area contributed by atoms with E-state index in [1.54, 1.807) is 12.1 Å². The number of carboxylic acid groups (broad SMARTS) is 1. The molecule has 0 amide bonds. The second-order valence-corrected chi connectivity index (χ2v) is 6.77. The van der Waals surface area contributed by atoms with Gasteiger partial charge in [-0.3, -0.25) is 0 Å². The highest BCUT2D eigenvalue weighted by molar-refractivity contribution is 7.88. The third-order valence-corrected chi connectivity index (χ3v) is 3.87. The van der Waals surface area contributed by atoms with Gasteiger partial charge in [0.05, 0.1) is 6.26 Å². The lowest BCUT2D eigenvalue weighted by atomic mass is 10.4. The molecule has 0 saturated carbocycles. The molecule has 1 rings (SSSR count). The van der Waals surface area contributed by atoms with Gasteiger partial charge in [0.2, 0.25) is 10.0 Å². The number of hydrogen-bond donors (Lipinski definition) is 3. The Hall–Kier alpha value is -0.960. The molecule has 6 nitrogen and oxygen atoms in total. The molecule has 102 valence electrons. The van der Waals surface area contributed by atoms with Crippen molar-refractivity contribution in [2.75, 3.05) is 19.3 Å². The van der Waals surface area contributed by atoms with Gasteiger partial charge in [0.25, 0.3) is 0 Å². The van der Waals surface area contributed by atoms with Crippen LogP contribution < -0.4 is 10.0 Å². The van der Waals surface area contributed by atoms with Crippen LogP contribution in [0.5, 0.6) is 0 Å². The minimum absolute atomic E-state index is 0.325. The van der Waals surface area contributed by atoms with Crippen molar-refractivity contribution < 1.29 is 18.3 Å². The summed E-state index contributed by atoms with van der Waals surface area (Å²) < 4.78 is 23.9. The largest absolute Gasteiger partial charge is 0.477 e. The van der Waals surface area contributed by atoms with E-state index < -0.39 is 16.0 Å². The van der Waals surface area contributed by atoms with Crippen LogP contribution in [-0.4, -0.2) is 38.8 Å². The van der Waals surface area contributed by atoms with Crippen LogP contribution in [-0.2, 0) is 16.6 Å². The molecule has 1 aromatic rings. The van der Waals surface area contributed by atoms with Gasteiger partial charge in [-0.1, -0.05) is 0 Å². The Morgan fingerprint density at radius 2 is 2.11 bits per heavy atom. The summed E-state index contributed by atoms with van der Waals surface area (Å²) in [4.78, 5) is 11.9.